The number of nitrogens with one attached hydrogen (secondary N) is 1. The fourth-order valence-electron chi connectivity index (χ4n) is 3.56. The zero-order valence-electron chi connectivity index (χ0n) is 17.5. The van der Waals surface area contributed by atoms with E-state index in [1.165, 1.54) is 18.2 Å². The predicted octanol–water partition coefficient (Wildman–Crippen LogP) is 3.86. The third-order valence-electron chi connectivity index (χ3n) is 5.18. The lowest BCUT2D eigenvalue weighted by Gasteiger charge is -2.34. The average molecular weight is 491 g/mol. The maximum absolute atomic E-state index is 13.0. The molecule has 0 unspecified atom stereocenters. The largest absolute Gasteiger partial charge is 0.336 e. The molecule has 3 aromatic rings. The summed E-state index contributed by atoms with van der Waals surface area (Å²) in [5.74, 6) is -0.172. The van der Waals surface area contributed by atoms with Crippen LogP contribution in [0.25, 0.3) is 0 Å². The van der Waals surface area contributed by atoms with Gasteiger partial charge in [0.15, 0.2) is 0 Å². The van der Waals surface area contributed by atoms with E-state index in [9.17, 15) is 13.2 Å². The predicted molar refractivity (Wildman–Crippen MR) is 127 cm³/mol. The zero-order chi connectivity index (χ0) is 22.7. The van der Waals surface area contributed by atoms with Crippen LogP contribution >= 0.6 is 22.9 Å². The Bertz CT molecular complexity index is 1220. The molecule has 0 aliphatic carbocycles. The van der Waals surface area contributed by atoms with Gasteiger partial charge in [0, 0.05) is 48.7 Å². The molecule has 0 spiro atoms. The van der Waals surface area contributed by atoms with Crippen molar-refractivity contribution in [2.45, 2.75) is 18.4 Å². The highest BCUT2D eigenvalue weighted by Crippen LogP contribution is 2.21. The van der Waals surface area contributed by atoms with Crippen LogP contribution in [0.15, 0.2) is 58.8 Å². The Morgan fingerprint density at radius 2 is 1.88 bits per heavy atom. The van der Waals surface area contributed by atoms with Crippen LogP contribution in [-0.2, 0) is 16.6 Å². The Labute approximate surface area is 196 Å². The summed E-state index contributed by atoms with van der Waals surface area (Å²) in [4.78, 5) is 21.6. The molecular formula is C22H23ClN4O3S2. The van der Waals surface area contributed by atoms with E-state index in [0.29, 0.717) is 29.4 Å². The van der Waals surface area contributed by atoms with Gasteiger partial charge in [-0.25, -0.2) is 13.4 Å². The minimum atomic E-state index is -3.85. The molecule has 1 aromatic heterocycles. The van der Waals surface area contributed by atoms with Gasteiger partial charge in [-0.05, 0) is 43.3 Å². The summed E-state index contributed by atoms with van der Waals surface area (Å²) >= 11 is 7.57. The van der Waals surface area contributed by atoms with Crippen molar-refractivity contribution in [3.63, 3.8) is 0 Å². The van der Waals surface area contributed by atoms with E-state index in [1.54, 1.807) is 46.6 Å². The number of carbonyl (C=O) groups excluding carboxylic acids is 1. The molecule has 1 aliphatic rings. The first-order valence-electron chi connectivity index (χ1n) is 10.1. The van der Waals surface area contributed by atoms with Crippen molar-refractivity contribution < 1.29 is 13.2 Å². The Kier molecular flexibility index (Phi) is 6.80. The van der Waals surface area contributed by atoms with Gasteiger partial charge in [0.1, 0.15) is 0 Å². The molecule has 1 aliphatic heterocycles. The highest BCUT2D eigenvalue weighted by Gasteiger charge is 2.24. The summed E-state index contributed by atoms with van der Waals surface area (Å²) in [6, 6.07) is 12.6. The molecule has 1 N–H and O–H groups in total. The smallest absolute Gasteiger partial charge is 0.261 e. The third-order valence-corrected chi connectivity index (χ3v) is 7.62. The van der Waals surface area contributed by atoms with Crippen molar-refractivity contribution in [1.82, 2.24) is 14.8 Å². The topological polar surface area (TPSA) is 82.6 Å². The van der Waals surface area contributed by atoms with Crippen LogP contribution in [0.3, 0.4) is 0 Å². The van der Waals surface area contributed by atoms with E-state index in [4.69, 9.17) is 11.6 Å². The van der Waals surface area contributed by atoms with Gasteiger partial charge in [-0.15, -0.1) is 11.3 Å². The summed E-state index contributed by atoms with van der Waals surface area (Å²) < 4.78 is 28.1. The number of aryl methyl sites for hydroxylation is 1. The van der Waals surface area contributed by atoms with Crippen molar-refractivity contribution in [1.29, 1.82) is 0 Å². The number of hydrogen-bond donors (Lipinski definition) is 1. The summed E-state index contributed by atoms with van der Waals surface area (Å²) in [5.41, 5.74) is 1.76. The monoisotopic (exact) mass is 490 g/mol. The number of amides is 1. The van der Waals surface area contributed by atoms with Crippen molar-refractivity contribution in [3.8, 4) is 0 Å². The van der Waals surface area contributed by atoms with Crippen LogP contribution in [0, 0.1) is 6.92 Å². The minimum Gasteiger partial charge on any atom is -0.336 e. The Hall–Kier alpha value is -2.46. The number of rotatable bonds is 6. The standard InChI is InChI=1S/C22H23ClN4O3S2/c1-16-24-20(15-31-16)14-26-8-10-27(11-9-26)22(28)17-4-2-7-21(12-17)32(29,30)25-19-6-3-5-18(23)13-19/h2-7,12-13,15,25H,8-11,14H2,1H3. The van der Waals surface area contributed by atoms with Crippen molar-refractivity contribution in [2.75, 3.05) is 30.9 Å². The molecule has 4 rings (SSSR count). The number of aromatic nitrogens is 1. The molecule has 2 heterocycles. The van der Waals surface area contributed by atoms with Gasteiger partial charge < -0.3 is 4.90 Å². The van der Waals surface area contributed by atoms with E-state index in [-0.39, 0.29) is 10.8 Å². The van der Waals surface area contributed by atoms with E-state index in [1.807, 2.05) is 6.92 Å². The molecule has 0 saturated carbocycles. The van der Waals surface area contributed by atoms with E-state index in [2.05, 4.69) is 20.0 Å². The van der Waals surface area contributed by atoms with Crippen LogP contribution in [0.5, 0.6) is 0 Å². The SMILES string of the molecule is Cc1nc(CN2CCN(C(=O)c3cccc(S(=O)(=O)Nc4cccc(Cl)c4)c3)CC2)cs1. The highest BCUT2D eigenvalue weighted by molar-refractivity contribution is 7.92. The van der Waals surface area contributed by atoms with Gasteiger partial charge in [-0.3, -0.25) is 14.4 Å². The number of anilines is 1. The molecule has 7 nitrogen and oxygen atoms in total. The van der Waals surface area contributed by atoms with E-state index in [0.717, 1.165) is 30.3 Å². The van der Waals surface area contributed by atoms with Gasteiger partial charge in [0.2, 0.25) is 0 Å². The zero-order valence-corrected chi connectivity index (χ0v) is 19.9. The molecule has 1 fully saturated rings. The Morgan fingerprint density at radius 3 is 2.56 bits per heavy atom. The maximum atomic E-state index is 13.0. The molecule has 10 heteroatoms. The summed E-state index contributed by atoms with van der Waals surface area (Å²) in [6.45, 7) is 5.42. The van der Waals surface area contributed by atoms with Crippen LogP contribution in [0.2, 0.25) is 5.02 Å². The Morgan fingerprint density at radius 1 is 1.12 bits per heavy atom. The van der Waals surface area contributed by atoms with Gasteiger partial charge >= 0.3 is 0 Å². The molecule has 168 valence electrons. The van der Waals surface area contributed by atoms with Crippen LogP contribution in [-0.4, -0.2) is 55.3 Å². The number of carbonyl (C=O) groups is 1. The lowest BCUT2D eigenvalue weighted by Crippen LogP contribution is -2.48. The number of nitrogens with zero attached hydrogens (tertiary/aromatic N) is 3. The summed E-state index contributed by atoms with van der Waals surface area (Å²) in [6.07, 6.45) is 0. The van der Waals surface area contributed by atoms with Crippen LogP contribution < -0.4 is 4.72 Å². The molecule has 1 amide bonds. The number of sulfonamides is 1. The first-order valence-corrected chi connectivity index (χ1v) is 12.9. The average Bonchev–Trinajstić information content (AvgIpc) is 3.18. The number of halogens is 1. The number of hydrogen-bond acceptors (Lipinski definition) is 6. The number of thiazole rings is 1. The molecule has 32 heavy (non-hydrogen) atoms. The first kappa shape index (κ1) is 22.7. The van der Waals surface area contributed by atoms with Crippen LogP contribution in [0.1, 0.15) is 21.1 Å². The second kappa shape index (κ2) is 9.58. The van der Waals surface area contributed by atoms with Gasteiger partial charge in [-0.1, -0.05) is 23.7 Å². The molecule has 0 atom stereocenters. The quantitative estimate of drug-likeness (QED) is 0.567. The molecular weight excluding hydrogens is 468 g/mol. The second-order valence-corrected chi connectivity index (χ2v) is 10.8. The second-order valence-electron chi connectivity index (χ2n) is 7.57. The lowest BCUT2D eigenvalue weighted by molar-refractivity contribution is 0.0627. The number of benzene rings is 2. The number of piperazine rings is 1. The normalized spacial score (nSPS) is 15.0. The maximum Gasteiger partial charge on any atom is 0.261 e. The first-order chi connectivity index (χ1) is 15.3. The summed E-state index contributed by atoms with van der Waals surface area (Å²) in [7, 11) is -3.85. The molecule has 0 bridgehead atoms. The highest BCUT2D eigenvalue weighted by atomic mass is 35.5. The van der Waals surface area contributed by atoms with Crippen molar-refractivity contribution in [2.24, 2.45) is 0 Å². The third kappa shape index (κ3) is 5.47. The minimum absolute atomic E-state index is 0.0286. The fourth-order valence-corrected chi connectivity index (χ4v) is 5.45. The van der Waals surface area contributed by atoms with E-state index >= 15 is 0 Å². The van der Waals surface area contributed by atoms with Gasteiger partial charge in [0.25, 0.3) is 15.9 Å². The summed E-state index contributed by atoms with van der Waals surface area (Å²) in [5, 5.41) is 3.54. The van der Waals surface area contributed by atoms with Crippen molar-refractivity contribution in [3.05, 3.63) is 75.2 Å². The fraction of sp³-hybridized carbons (Fsp3) is 0.273. The molecule has 1 saturated heterocycles. The van der Waals surface area contributed by atoms with E-state index < -0.39 is 10.0 Å². The van der Waals surface area contributed by atoms with Crippen LogP contribution in [0.4, 0.5) is 5.69 Å². The van der Waals surface area contributed by atoms with Crippen molar-refractivity contribution >= 4 is 44.6 Å². The molecule has 2 aromatic carbocycles. The van der Waals surface area contributed by atoms with Gasteiger partial charge in [0.05, 0.1) is 21.3 Å². The Balaban J connectivity index is 1.41. The lowest BCUT2D eigenvalue weighted by atomic mass is 10.2. The van der Waals surface area contributed by atoms with Gasteiger partial charge in [-0.2, -0.15) is 0 Å². The molecule has 0 radical (unpaired) electrons.